The first-order chi connectivity index (χ1) is 16.4. The predicted molar refractivity (Wildman–Crippen MR) is 136 cm³/mol. The van der Waals surface area contributed by atoms with Crippen molar-refractivity contribution >= 4 is 24.5 Å². The van der Waals surface area contributed by atoms with E-state index < -0.39 is 24.2 Å². The van der Waals surface area contributed by atoms with E-state index in [0.29, 0.717) is 18.8 Å². The number of aliphatic hydroxyl groups is 3. The minimum Gasteiger partial charge on any atom is -0.480 e. The molecule has 0 aromatic carbocycles. The Bertz CT molecular complexity index is 811. The van der Waals surface area contributed by atoms with Crippen molar-refractivity contribution in [1.29, 1.82) is 0 Å². The lowest BCUT2D eigenvalue weighted by Crippen LogP contribution is -2.62. The second-order valence-corrected chi connectivity index (χ2v) is 13.0. The van der Waals surface area contributed by atoms with Gasteiger partial charge in [0.1, 0.15) is 6.04 Å². The molecule has 4 fully saturated rings. The van der Waals surface area contributed by atoms with Gasteiger partial charge in [0.15, 0.2) is 0 Å². The Morgan fingerprint density at radius 2 is 1.77 bits per heavy atom. The lowest BCUT2D eigenvalue weighted by Gasteiger charge is -2.63. The first-order valence-electron chi connectivity index (χ1n) is 13.6. The average molecular weight is 512 g/mol. The molecule has 4 saturated carbocycles. The van der Waals surface area contributed by atoms with E-state index in [2.05, 4.69) is 38.7 Å². The van der Waals surface area contributed by atoms with Crippen LogP contribution in [0.5, 0.6) is 0 Å². The van der Waals surface area contributed by atoms with Crippen LogP contribution in [0.15, 0.2) is 0 Å². The van der Waals surface area contributed by atoms with Gasteiger partial charge >= 0.3 is 5.97 Å². The number of carboxylic acid groups (broad SMARTS) is 1. The van der Waals surface area contributed by atoms with E-state index in [0.717, 1.165) is 38.5 Å². The molecule has 12 atom stereocenters. The summed E-state index contributed by atoms with van der Waals surface area (Å²) in [5.41, 5.74) is -0.245. The minimum atomic E-state index is -1.08. The largest absolute Gasteiger partial charge is 0.480 e. The number of aliphatic hydroxyl groups excluding tert-OH is 3. The van der Waals surface area contributed by atoms with Gasteiger partial charge in [0.2, 0.25) is 5.91 Å². The quantitative estimate of drug-likeness (QED) is 0.292. The summed E-state index contributed by atoms with van der Waals surface area (Å²) >= 11 is 4.01. The predicted octanol–water partition coefficient (Wildman–Crippen LogP) is 2.86. The molecule has 0 aliphatic heterocycles. The van der Waals surface area contributed by atoms with E-state index >= 15 is 0 Å². The second kappa shape index (κ2) is 10.1. The molecule has 4 aliphatic carbocycles. The number of fused-ring (bicyclic) bond motifs is 5. The van der Waals surface area contributed by atoms with Crippen LogP contribution in [0.4, 0.5) is 0 Å². The van der Waals surface area contributed by atoms with E-state index in [1.807, 2.05) is 0 Å². The van der Waals surface area contributed by atoms with Crippen LogP contribution in [-0.2, 0) is 9.59 Å². The van der Waals surface area contributed by atoms with Crippen molar-refractivity contribution in [2.24, 2.45) is 46.3 Å². The summed E-state index contributed by atoms with van der Waals surface area (Å²) in [4.78, 5) is 23.6. The summed E-state index contributed by atoms with van der Waals surface area (Å²) in [7, 11) is 0. The van der Waals surface area contributed by atoms with Crippen LogP contribution in [0, 0.1) is 46.3 Å². The zero-order valence-electron chi connectivity index (χ0n) is 21.4. The van der Waals surface area contributed by atoms with E-state index in [-0.39, 0.29) is 64.6 Å². The Labute approximate surface area is 214 Å². The highest BCUT2D eigenvalue weighted by Crippen LogP contribution is 2.68. The van der Waals surface area contributed by atoms with Crippen LogP contribution in [0.2, 0.25) is 0 Å². The third-order valence-corrected chi connectivity index (χ3v) is 11.5. The highest BCUT2D eigenvalue weighted by molar-refractivity contribution is 7.80. The monoisotopic (exact) mass is 511 g/mol. The summed E-state index contributed by atoms with van der Waals surface area (Å²) in [5.74, 6) is 0.147. The van der Waals surface area contributed by atoms with Crippen molar-refractivity contribution < 1.29 is 30.0 Å². The molecule has 0 aromatic heterocycles. The number of hydrogen-bond acceptors (Lipinski definition) is 6. The van der Waals surface area contributed by atoms with Crippen molar-refractivity contribution in [2.45, 2.75) is 103 Å². The Hall–Kier alpha value is -0.830. The number of carbonyl (C=O) groups excluding carboxylic acids is 1. The standard InChI is InChI=1S/C27H45NO6S/c1-14(4-7-23(32)28-20(13-35)25(33)34)17-5-6-18-24-19(12-22(31)27(17,18)3)26(2)9-8-16(29)10-15(26)11-21(24)30/h14-22,24,29-31,35H,4-13H2,1-3H3,(H,28,32)(H,33,34)/t14-,15+,16-,17-,18+,19+,20+,21-,22+,24+,26+,27-/m1/s1. The molecule has 4 aliphatic rings. The molecule has 0 unspecified atom stereocenters. The Kier molecular flexibility index (Phi) is 7.89. The fourth-order valence-corrected chi connectivity index (χ4v) is 9.39. The number of carboxylic acids is 1. The molecule has 200 valence electrons. The van der Waals surface area contributed by atoms with Crippen molar-refractivity contribution in [3.8, 4) is 0 Å². The SMILES string of the molecule is C[C@H](CCC(=O)N[C@@H](CS)C(=O)O)[C@H]1CC[C@H]2[C@@H]3[C@H](O)C[C@@H]4C[C@H](O)CC[C@]4(C)[C@H]3C[C@H](O)[C@]12C. The van der Waals surface area contributed by atoms with E-state index in [1.165, 1.54) is 0 Å². The summed E-state index contributed by atoms with van der Waals surface area (Å²) in [6, 6.07) is -0.981. The Balaban J connectivity index is 1.47. The molecule has 8 heteroatoms. The lowest BCUT2D eigenvalue weighted by atomic mass is 9.43. The molecule has 0 saturated heterocycles. The number of thiol groups is 1. The fraction of sp³-hybridized carbons (Fsp3) is 0.926. The van der Waals surface area contributed by atoms with Crippen molar-refractivity contribution in [3.05, 3.63) is 0 Å². The number of hydrogen-bond donors (Lipinski definition) is 6. The summed E-state index contributed by atoms with van der Waals surface area (Å²) in [5, 5.41) is 45.0. The first-order valence-corrected chi connectivity index (χ1v) is 14.2. The zero-order chi connectivity index (χ0) is 25.7. The normalized spacial score (nSPS) is 46.6. The van der Waals surface area contributed by atoms with Crippen LogP contribution in [0.25, 0.3) is 0 Å². The first kappa shape index (κ1) is 27.2. The third kappa shape index (κ3) is 4.66. The number of rotatable bonds is 7. The molecule has 7 nitrogen and oxygen atoms in total. The molecular formula is C27H45NO6S. The smallest absolute Gasteiger partial charge is 0.327 e. The van der Waals surface area contributed by atoms with Gasteiger partial charge in [0.05, 0.1) is 18.3 Å². The zero-order valence-corrected chi connectivity index (χ0v) is 22.3. The molecular weight excluding hydrogens is 466 g/mol. The Morgan fingerprint density at radius 3 is 2.43 bits per heavy atom. The molecule has 0 aromatic rings. The van der Waals surface area contributed by atoms with Gasteiger partial charge in [-0.1, -0.05) is 20.8 Å². The summed E-state index contributed by atoms with van der Waals surface area (Å²) in [6.07, 6.45) is 5.70. The second-order valence-electron chi connectivity index (χ2n) is 12.7. The van der Waals surface area contributed by atoms with Gasteiger partial charge < -0.3 is 25.7 Å². The van der Waals surface area contributed by atoms with Crippen LogP contribution in [-0.4, -0.2) is 62.4 Å². The van der Waals surface area contributed by atoms with Crippen LogP contribution >= 0.6 is 12.6 Å². The van der Waals surface area contributed by atoms with Gasteiger partial charge in [0.25, 0.3) is 0 Å². The van der Waals surface area contributed by atoms with Crippen molar-refractivity contribution in [1.82, 2.24) is 5.32 Å². The lowest BCUT2D eigenvalue weighted by molar-refractivity contribution is -0.207. The van der Waals surface area contributed by atoms with Crippen LogP contribution in [0.1, 0.15) is 78.6 Å². The van der Waals surface area contributed by atoms with Gasteiger partial charge in [-0.05, 0) is 97.7 Å². The molecule has 0 heterocycles. The summed E-state index contributed by atoms with van der Waals surface area (Å²) in [6.45, 7) is 6.69. The van der Waals surface area contributed by atoms with Crippen LogP contribution in [0.3, 0.4) is 0 Å². The van der Waals surface area contributed by atoms with Crippen LogP contribution < -0.4 is 5.32 Å². The van der Waals surface area contributed by atoms with Crippen molar-refractivity contribution in [2.75, 3.05) is 5.75 Å². The van der Waals surface area contributed by atoms with Gasteiger partial charge in [-0.2, -0.15) is 12.6 Å². The molecule has 4 rings (SSSR count). The molecule has 0 radical (unpaired) electrons. The molecule has 0 bridgehead atoms. The maximum Gasteiger partial charge on any atom is 0.327 e. The number of amides is 1. The molecule has 35 heavy (non-hydrogen) atoms. The van der Waals surface area contributed by atoms with Gasteiger partial charge in [0, 0.05) is 12.2 Å². The highest BCUT2D eigenvalue weighted by Gasteiger charge is 2.65. The molecule has 1 amide bonds. The van der Waals surface area contributed by atoms with E-state index in [9.17, 15) is 24.9 Å². The summed E-state index contributed by atoms with van der Waals surface area (Å²) < 4.78 is 0. The topological polar surface area (TPSA) is 127 Å². The fourth-order valence-electron chi connectivity index (χ4n) is 9.14. The van der Waals surface area contributed by atoms with Gasteiger partial charge in [-0.3, -0.25) is 4.79 Å². The Morgan fingerprint density at radius 1 is 1.06 bits per heavy atom. The molecule has 5 N–H and O–H groups in total. The number of carbonyl (C=O) groups is 2. The number of aliphatic carboxylic acids is 1. The van der Waals surface area contributed by atoms with E-state index in [1.54, 1.807) is 0 Å². The average Bonchev–Trinajstić information content (AvgIpc) is 3.16. The maximum atomic E-state index is 12.4. The van der Waals surface area contributed by atoms with Gasteiger partial charge in [-0.25, -0.2) is 4.79 Å². The molecule has 0 spiro atoms. The number of nitrogens with one attached hydrogen (secondary N) is 1. The maximum absolute atomic E-state index is 12.4. The highest BCUT2D eigenvalue weighted by atomic mass is 32.1. The minimum absolute atomic E-state index is 0.0504. The van der Waals surface area contributed by atoms with Gasteiger partial charge in [-0.15, -0.1) is 0 Å². The van der Waals surface area contributed by atoms with E-state index in [4.69, 9.17) is 5.11 Å². The third-order valence-electron chi connectivity index (χ3n) is 11.2. The van der Waals surface area contributed by atoms with Crippen molar-refractivity contribution in [3.63, 3.8) is 0 Å².